The first-order valence-electron chi connectivity index (χ1n) is 9.23. The minimum absolute atomic E-state index is 0.227. The second-order valence-electron chi connectivity index (χ2n) is 7.45. The number of hydrogen-bond acceptors (Lipinski definition) is 4. The molecule has 2 saturated heterocycles. The maximum atomic E-state index is 6.17. The van der Waals surface area contributed by atoms with E-state index in [9.17, 15) is 0 Å². The highest BCUT2D eigenvalue weighted by molar-refractivity contribution is 5.79. The number of benzene rings is 2. The molecule has 2 aromatic carbocycles. The number of hydrogen-bond donors (Lipinski definition) is 0. The molecule has 0 amide bonds. The van der Waals surface area contributed by atoms with Gasteiger partial charge >= 0.3 is 0 Å². The molecule has 0 radical (unpaired) electrons. The molecule has 2 aliphatic rings. The summed E-state index contributed by atoms with van der Waals surface area (Å²) >= 11 is 0. The first-order valence-corrected chi connectivity index (χ1v) is 9.23. The fourth-order valence-corrected chi connectivity index (χ4v) is 3.37. The summed E-state index contributed by atoms with van der Waals surface area (Å²) in [6.07, 6.45) is 0.455. The zero-order chi connectivity index (χ0) is 18.3. The minimum Gasteiger partial charge on any atom is -0.490 e. The third-order valence-corrected chi connectivity index (χ3v) is 4.76. The normalized spacial score (nSPS) is 20.8. The minimum atomic E-state index is 0.227. The van der Waals surface area contributed by atoms with Crippen LogP contribution in [0.15, 0.2) is 24.3 Å². The van der Waals surface area contributed by atoms with Crippen molar-refractivity contribution < 1.29 is 18.9 Å². The highest BCUT2D eigenvalue weighted by Gasteiger charge is 2.26. The second-order valence-corrected chi connectivity index (χ2v) is 7.45. The van der Waals surface area contributed by atoms with Crippen LogP contribution in [0.3, 0.4) is 0 Å². The number of ether oxygens (including phenoxy) is 4. The van der Waals surface area contributed by atoms with Gasteiger partial charge in [-0.15, -0.1) is 0 Å². The van der Waals surface area contributed by atoms with Gasteiger partial charge in [-0.05, 0) is 62.1 Å². The molecule has 2 heterocycles. The first-order chi connectivity index (χ1) is 12.5. The van der Waals surface area contributed by atoms with Crippen LogP contribution in [0, 0.1) is 27.7 Å². The van der Waals surface area contributed by atoms with Gasteiger partial charge in [-0.3, -0.25) is 0 Å². The second kappa shape index (κ2) is 6.93. The third kappa shape index (κ3) is 3.87. The van der Waals surface area contributed by atoms with E-state index in [1.165, 1.54) is 11.1 Å². The van der Waals surface area contributed by atoms with Crippen LogP contribution in [0.5, 0.6) is 11.5 Å². The monoisotopic (exact) mass is 354 g/mol. The summed E-state index contributed by atoms with van der Waals surface area (Å²) in [7, 11) is 0. The summed E-state index contributed by atoms with van der Waals surface area (Å²) in [5, 5.41) is 0. The first kappa shape index (κ1) is 17.4. The number of aryl methyl sites for hydroxylation is 4. The molecule has 26 heavy (non-hydrogen) atoms. The van der Waals surface area contributed by atoms with E-state index in [0.717, 1.165) is 47.0 Å². The molecule has 2 aromatic rings. The summed E-state index contributed by atoms with van der Waals surface area (Å²) in [4.78, 5) is 0. The molecule has 0 spiro atoms. The van der Waals surface area contributed by atoms with Gasteiger partial charge in [0.15, 0.2) is 0 Å². The smallest absolute Gasteiger partial charge is 0.130 e. The molecule has 4 nitrogen and oxygen atoms in total. The lowest BCUT2D eigenvalue weighted by Crippen LogP contribution is -2.09. The molecule has 4 heteroatoms. The molecule has 138 valence electrons. The average molecular weight is 354 g/mol. The molecule has 2 unspecified atom stereocenters. The van der Waals surface area contributed by atoms with Crippen LogP contribution < -0.4 is 9.47 Å². The summed E-state index contributed by atoms with van der Waals surface area (Å²) in [5.74, 6) is 1.84. The van der Waals surface area contributed by atoms with Crippen molar-refractivity contribution >= 4 is 0 Å². The Morgan fingerprint density at radius 2 is 1.12 bits per heavy atom. The average Bonchev–Trinajstić information content (AvgIpc) is 3.46. The van der Waals surface area contributed by atoms with Crippen molar-refractivity contribution in [2.45, 2.75) is 39.9 Å². The van der Waals surface area contributed by atoms with Crippen molar-refractivity contribution in [3.63, 3.8) is 0 Å². The lowest BCUT2D eigenvalue weighted by Gasteiger charge is -2.20. The summed E-state index contributed by atoms with van der Waals surface area (Å²) in [6, 6.07) is 8.69. The summed E-state index contributed by atoms with van der Waals surface area (Å²) < 4.78 is 23.0. The topological polar surface area (TPSA) is 43.5 Å². The molecule has 4 rings (SSSR count). The fraction of sp³-hybridized carbons (Fsp3) is 0.455. The molecule has 0 saturated carbocycles. The molecular weight excluding hydrogens is 328 g/mol. The van der Waals surface area contributed by atoms with Crippen LogP contribution in [0.4, 0.5) is 0 Å². The van der Waals surface area contributed by atoms with Crippen molar-refractivity contribution in [3.05, 3.63) is 46.5 Å². The number of epoxide rings is 2. The highest BCUT2D eigenvalue weighted by atomic mass is 16.6. The summed E-state index contributed by atoms with van der Waals surface area (Å²) in [5.41, 5.74) is 6.86. The van der Waals surface area contributed by atoms with E-state index in [1.807, 2.05) is 0 Å². The van der Waals surface area contributed by atoms with E-state index in [2.05, 4.69) is 52.0 Å². The Hall–Kier alpha value is -2.04. The van der Waals surface area contributed by atoms with Crippen LogP contribution in [0.1, 0.15) is 22.3 Å². The Balaban J connectivity index is 1.77. The fourth-order valence-electron chi connectivity index (χ4n) is 3.37. The van der Waals surface area contributed by atoms with Crippen molar-refractivity contribution in [2.24, 2.45) is 0 Å². The summed E-state index contributed by atoms with van der Waals surface area (Å²) in [6.45, 7) is 11.2. The van der Waals surface area contributed by atoms with Crippen LogP contribution >= 0.6 is 0 Å². The van der Waals surface area contributed by atoms with Gasteiger partial charge in [0.05, 0.1) is 13.2 Å². The maximum absolute atomic E-state index is 6.17. The molecule has 2 atom stereocenters. The Morgan fingerprint density at radius 1 is 0.731 bits per heavy atom. The van der Waals surface area contributed by atoms with Gasteiger partial charge in [0.2, 0.25) is 0 Å². The van der Waals surface area contributed by atoms with Crippen molar-refractivity contribution in [1.82, 2.24) is 0 Å². The molecule has 2 aliphatic heterocycles. The molecule has 2 fully saturated rings. The molecular formula is C22H26O4. The Morgan fingerprint density at radius 3 is 1.46 bits per heavy atom. The number of rotatable bonds is 7. The zero-order valence-electron chi connectivity index (χ0n) is 15.9. The lowest BCUT2D eigenvalue weighted by molar-refractivity contribution is 0.259. The SMILES string of the molecule is Cc1cc(C)c(OCC2CO2)c(-c2cc(C)cc(C)c2OCC2CO2)c1. The van der Waals surface area contributed by atoms with Gasteiger partial charge in [0.25, 0.3) is 0 Å². The Bertz CT molecular complexity index is 750. The zero-order valence-corrected chi connectivity index (χ0v) is 15.9. The van der Waals surface area contributed by atoms with Crippen LogP contribution in [0.25, 0.3) is 11.1 Å². The van der Waals surface area contributed by atoms with E-state index in [0.29, 0.717) is 13.2 Å². The van der Waals surface area contributed by atoms with Gasteiger partial charge in [0, 0.05) is 11.1 Å². The van der Waals surface area contributed by atoms with Crippen LogP contribution in [-0.4, -0.2) is 38.6 Å². The molecule has 0 N–H and O–H groups in total. The van der Waals surface area contributed by atoms with Gasteiger partial charge in [-0.1, -0.05) is 12.1 Å². The van der Waals surface area contributed by atoms with Crippen LogP contribution in [0.2, 0.25) is 0 Å². The van der Waals surface area contributed by atoms with Gasteiger partial charge in [0.1, 0.15) is 36.9 Å². The standard InChI is InChI=1S/C22H26O4/c1-13-5-15(3)21(25-11-17-9-23-17)19(7-13)20-8-14(2)6-16(4)22(20)26-12-18-10-24-18/h5-8,17-18H,9-12H2,1-4H3. The van der Waals surface area contributed by atoms with Crippen LogP contribution in [-0.2, 0) is 9.47 Å². The largest absolute Gasteiger partial charge is 0.490 e. The predicted molar refractivity (Wildman–Crippen MR) is 101 cm³/mol. The predicted octanol–water partition coefficient (Wildman–Crippen LogP) is 4.14. The van der Waals surface area contributed by atoms with Gasteiger partial charge in [-0.25, -0.2) is 0 Å². The van der Waals surface area contributed by atoms with Crippen molar-refractivity contribution in [1.29, 1.82) is 0 Å². The maximum Gasteiger partial charge on any atom is 0.130 e. The van der Waals surface area contributed by atoms with Gasteiger partial charge < -0.3 is 18.9 Å². The highest BCUT2D eigenvalue weighted by Crippen LogP contribution is 2.42. The Kier molecular flexibility index (Phi) is 4.63. The van der Waals surface area contributed by atoms with E-state index in [-0.39, 0.29) is 12.2 Å². The van der Waals surface area contributed by atoms with Crippen molar-refractivity contribution in [3.8, 4) is 22.6 Å². The van der Waals surface area contributed by atoms with Crippen molar-refractivity contribution in [2.75, 3.05) is 26.4 Å². The third-order valence-electron chi connectivity index (χ3n) is 4.76. The Labute approximate surface area is 155 Å². The quantitative estimate of drug-likeness (QED) is 0.701. The molecule has 0 bridgehead atoms. The molecule has 0 aliphatic carbocycles. The molecule has 0 aromatic heterocycles. The lowest BCUT2D eigenvalue weighted by atomic mass is 9.95. The van der Waals surface area contributed by atoms with E-state index in [4.69, 9.17) is 18.9 Å². The van der Waals surface area contributed by atoms with Gasteiger partial charge in [-0.2, -0.15) is 0 Å². The van der Waals surface area contributed by atoms with E-state index < -0.39 is 0 Å². The van der Waals surface area contributed by atoms with E-state index >= 15 is 0 Å². The van der Waals surface area contributed by atoms with E-state index in [1.54, 1.807) is 0 Å².